The Hall–Kier alpha value is -0.340. The van der Waals surface area contributed by atoms with Crippen LogP contribution in [-0.4, -0.2) is 88.8 Å². The Kier molecular flexibility index (Phi) is 5.07. The summed E-state index contributed by atoms with van der Waals surface area (Å²) < 4.78 is 17.6. The maximum atomic E-state index is 12.4. The lowest BCUT2D eigenvalue weighted by atomic mass is 9.87. The highest BCUT2D eigenvalue weighted by atomic mass is 32.2. The van der Waals surface area contributed by atoms with Crippen LogP contribution in [0.1, 0.15) is 32.1 Å². The number of ether oxygens (including phenoxy) is 1. The summed E-state index contributed by atoms with van der Waals surface area (Å²) in [6.07, 6.45) is 5.84. The van der Waals surface area contributed by atoms with Crippen molar-refractivity contribution in [3.63, 3.8) is 0 Å². The van der Waals surface area contributed by atoms with Crippen molar-refractivity contribution < 1.29 is 14.1 Å². The van der Waals surface area contributed by atoms with Gasteiger partial charge in [0.2, 0.25) is 5.91 Å². The van der Waals surface area contributed by atoms with Crippen LogP contribution in [0.15, 0.2) is 0 Å². The van der Waals surface area contributed by atoms with Crippen molar-refractivity contribution in [1.82, 2.24) is 15.1 Å². The van der Waals surface area contributed by atoms with Gasteiger partial charge in [-0.3, -0.25) is 9.69 Å². The maximum absolute atomic E-state index is 12.4. The van der Waals surface area contributed by atoms with Crippen molar-refractivity contribution in [3.05, 3.63) is 0 Å². The molecule has 24 heavy (non-hydrogen) atoms. The summed E-state index contributed by atoms with van der Waals surface area (Å²) in [4.78, 5) is 16.6. The van der Waals surface area contributed by atoms with Gasteiger partial charge in [0.25, 0.3) is 0 Å². The summed E-state index contributed by atoms with van der Waals surface area (Å²) in [5, 5.41) is 3.69. The Morgan fingerprint density at radius 3 is 2.54 bits per heavy atom. The predicted molar refractivity (Wildman–Crippen MR) is 93.4 cm³/mol. The molecule has 1 amide bonds. The number of hydrogen-bond acceptors (Lipinski definition) is 5. The molecular weight excluding hydrogens is 326 g/mol. The fraction of sp³-hybridized carbons (Fsp3) is 0.941. The number of nitrogens with one attached hydrogen (secondary N) is 1. The molecule has 3 saturated heterocycles. The number of piperidine rings is 1. The molecule has 0 aromatic heterocycles. The first kappa shape index (κ1) is 17.1. The molecule has 1 atom stereocenters. The monoisotopic (exact) mass is 355 g/mol. The molecule has 0 bridgehead atoms. The van der Waals surface area contributed by atoms with Gasteiger partial charge in [-0.25, -0.2) is 0 Å². The third kappa shape index (κ3) is 4.07. The van der Waals surface area contributed by atoms with E-state index in [1.807, 2.05) is 4.90 Å². The lowest BCUT2D eigenvalue weighted by Crippen LogP contribution is -2.51. The van der Waals surface area contributed by atoms with Crippen LogP contribution >= 0.6 is 0 Å². The molecule has 0 aromatic rings. The van der Waals surface area contributed by atoms with Gasteiger partial charge < -0.3 is 19.5 Å². The molecular formula is C17H29N3O3S. The van der Waals surface area contributed by atoms with Crippen molar-refractivity contribution >= 4 is 17.1 Å². The summed E-state index contributed by atoms with van der Waals surface area (Å²) in [6, 6.07) is 1.27. The lowest BCUT2D eigenvalue weighted by molar-refractivity contribution is -0.133. The lowest BCUT2D eigenvalue weighted by Gasteiger charge is -2.39. The van der Waals surface area contributed by atoms with Gasteiger partial charge in [-0.15, -0.1) is 0 Å². The highest BCUT2D eigenvalue weighted by molar-refractivity contribution is 7.91. The first-order valence-electron chi connectivity index (χ1n) is 9.37. The molecule has 7 heteroatoms. The minimum absolute atomic E-state index is 0.0497. The predicted octanol–water partition coefficient (Wildman–Crippen LogP) is -0.0472. The fourth-order valence-corrected chi connectivity index (χ4v) is 5.23. The molecule has 1 N–H and O–H groups in total. The molecule has 4 rings (SSSR count). The standard InChI is InChI=1S/C17H29N3O3S/c21-16(20-7-9-24(22)10-8-20)12-19-5-3-17(4-6-19)11-15(13-23-17)18-14-1-2-14/h14-15,18H,1-13H2. The van der Waals surface area contributed by atoms with Gasteiger partial charge in [0.1, 0.15) is 11.5 Å². The van der Waals surface area contributed by atoms with E-state index >= 15 is 0 Å². The van der Waals surface area contributed by atoms with Crippen LogP contribution in [0.2, 0.25) is 0 Å². The van der Waals surface area contributed by atoms with Crippen LogP contribution in [0.5, 0.6) is 0 Å². The Morgan fingerprint density at radius 2 is 1.88 bits per heavy atom. The van der Waals surface area contributed by atoms with Gasteiger partial charge in [0.15, 0.2) is 0 Å². The van der Waals surface area contributed by atoms with Crippen molar-refractivity contribution in [1.29, 1.82) is 0 Å². The van der Waals surface area contributed by atoms with E-state index in [9.17, 15) is 9.35 Å². The Bertz CT molecular complexity index is 458. The largest absolute Gasteiger partial charge is 0.616 e. The zero-order chi connectivity index (χ0) is 16.6. The van der Waals surface area contributed by atoms with E-state index in [1.54, 1.807) is 0 Å². The smallest absolute Gasteiger partial charge is 0.237 e. The van der Waals surface area contributed by atoms with Crippen LogP contribution in [0.4, 0.5) is 0 Å². The normalized spacial score (nSPS) is 31.7. The summed E-state index contributed by atoms with van der Waals surface area (Å²) >= 11 is -0.724. The number of carbonyl (C=O) groups excluding carboxylic acids is 1. The number of rotatable bonds is 4. The van der Waals surface area contributed by atoms with Gasteiger partial charge in [-0.05, 0) is 32.1 Å². The second-order valence-electron chi connectivity index (χ2n) is 7.84. The second kappa shape index (κ2) is 7.11. The van der Waals surface area contributed by atoms with Crippen LogP contribution < -0.4 is 5.32 Å². The van der Waals surface area contributed by atoms with Crippen LogP contribution in [0.3, 0.4) is 0 Å². The van der Waals surface area contributed by atoms with Crippen molar-refractivity contribution in [2.24, 2.45) is 0 Å². The number of carbonyl (C=O) groups is 1. The van der Waals surface area contributed by atoms with Crippen molar-refractivity contribution in [3.8, 4) is 0 Å². The molecule has 0 radical (unpaired) electrons. The fourth-order valence-electron chi connectivity index (χ4n) is 4.18. The van der Waals surface area contributed by atoms with Crippen LogP contribution in [-0.2, 0) is 20.7 Å². The van der Waals surface area contributed by atoms with Crippen LogP contribution in [0.25, 0.3) is 0 Å². The van der Waals surface area contributed by atoms with E-state index in [4.69, 9.17) is 4.74 Å². The molecule has 1 unspecified atom stereocenters. The van der Waals surface area contributed by atoms with E-state index in [0.717, 1.165) is 45.0 Å². The van der Waals surface area contributed by atoms with Gasteiger partial charge >= 0.3 is 0 Å². The molecule has 4 fully saturated rings. The first-order valence-corrected chi connectivity index (χ1v) is 10.9. The number of amides is 1. The van der Waals surface area contributed by atoms with E-state index in [-0.39, 0.29) is 11.5 Å². The van der Waals surface area contributed by atoms with Gasteiger partial charge in [0.05, 0.1) is 31.8 Å². The SMILES string of the molecule is O=C(CN1CCC2(CC1)CC(NC1CC1)CO2)N1CC[S+]([O-])CC1. The zero-order valence-electron chi connectivity index (χ0n) is 14.4. The third-order valence-electron chi connectivity index (χ3n) is 5.91. The summed E-state index contributed by atoms with van der Waals surface area (Å²) in [5.74, 6) is 1.47. The second-order valence-corrected chi connectivity index (χ2v) is 9.54. The van der Waals surface area contributed by atoms with Crippen LogP contribution in [0, 0.1) is 0 Å². The Labute approximate surface area is 147 Å². The molecule has 136 valence electrons. The number of nitrogens with zero attached hydrogens (tertiary/aromatic N) is 2. The maximum Gasteiger partial charge on any atom is 0.237 e. The molecule has 4 aliphatic rings. The highest BCUT2D eigenvalue weighted by Crippen LogP contribution is 2.37. The van der Waals surface area contributed by atoms with Crippen molar-refractivity contribution in [2.75, 3.05) is 50.8 Å². The first-order chi connectivity index (χ1) is 11.6. The molecule has 3 aliphatic heterocycles. The molecule has 3 heterocycles. The molecule has 1 saturated carbocycles. The Morgan fingerprint density at radius 1 is 1.17 bits per heavy atom. The average molecular weight is 356 g/mol. The molecule has 1 spiro atoms. The summed E-state index contributed by atoms with van der Waals surface area (Å²) in [7, 11) is 0. The topological polar surface area (TPSA) is 67.9 Å². The quantitative estimate of drug-likeness (QED) is 0.717. The van der Waals surface area contributed by atoms with E-state index < -0.39 is 11.2 Å². The van der Waals surface area contributed by atoms with E-state index in [2.05, 4.69) is 10.2 Å². The van der Waals surface area contributed by atoms with Gasteiger partial charge in [-0.2, -0.15) is 0 Å². The van der Waals surface area contributed by atoms with Crippen molar-refractivity contribution in [2.45, 2.75) is 49.8 Å². The average Bonchev–Trinajstić information content (AvgIpc) is 3.31. The van der Waals surface area contributed by atoms with E-state index in [1.165, 1.54) is 12.8 Å². The summed E-state index contributed by atoms with van der Waals surface area (Å²) in [6.45, 7) is 4.55. The zero-order valence-corrected chi connectivity index (χ0v) is 15.2. The molecule has 1 aliphatic carbocycles. The highest BCUT2D eigenvalue weighted by Gasteiger charge is 2.44. The molecule has 0 aromatic carbocycles. The van der Waals surface area contributed by atoms with E-state index in [0.29, 0.717) is 37.2 Å². The molecule has 6 nitrogen and oxygen atoms in total. The number of hydrogen-bond donors (Lipinski definition) is 1. The minimum atomic E-state index is -0.724. The Balaban J connectivity index is 1.21. The number of likely N-dealkylation sites (tertiary alicyclic amines) is 1. The summed E-state index contributed by atoms with van der Waals surface area (Å²) in [5.41, 5.74) is 0.0497. The minimum Gasteiger partial charge on any atom is -0.616 e. The van der Waals surface area contributed by atoms with Gasteiger partial charge in [-0.1, -0.05) is 11.2 Å². The van der Waals surface area contributed by atoms with Gasteiger partial charge in [0, 0.05) is 25.2 Å². The third-order valence-corrected chi connectivity index (χ3v) is 7.19.